The average Bonchev–Trinajstić information content (AvgIpc) is 2.86. The number of aliphatic carboxylic acids is 1. The van der Waals surface area contributed by atoms with Crippen LogP contribution in [0.5, 0.6) is 0 Å². The summed E-state index contributed by atoms with van der Waals surface area (Å²) in [5.74, 6) is 5.84. The standard InChI is InChI=1S/C35H36O3/c1-23-13-16-26(17-14-23)31-29-22-25(19-20-35(6,7)28-11-9-8-10-12-28)15-18-27(29)21-24(2)30(31)32(33(36)37)38-34(3,4)5/h8-18,21-22,32H,1-7H3,(H,36,37)/t32-/m0/s1. The van der Waals surface area contributed by atoms with Gasteiger partial charge in [-0.25, -0.2) is 4.79 Å². The van der Waals surface area contributed by atoms with Gasteiger partial charge in [0.1, 0.15) is 0 Å². The van der Waals surface area contributed by atoms with Gasteiger partial charge in [0.05, 0.1) is 11.0 Å². The normalized spacial score (nSPS) is 12.6. The molecule has 1 N–H and O–H groups in total. The van der Waals surface area contributed by atoms with Gasteiger partial charge in [-0.3, -0.25) is 0 Å². The maximum atomic E-state index is 12.6. The molecule has 0 saturated heterocycles. The highest BCUT2D eigenvalue weighted by Gasteiger charge is 2.31. The van der Waals surface area contributed by atoms with Crippen molar-refractivity contribution in [1.29, 1.82) is 0 Å². The van der Waals surface area contributed by atoms with Crippen LogP contribution in [0.15, 0.2) is 78.9 Å². The Balaban J connectivity index is 1.96. The largest absolute Gasteiger partial charge is 0.479 e. The fourth-order valence-electron chi connectivity index (χ4n) is 4.74. The van der Waals surface area contributed by atoms with E-state index in [0.29, 0.717) is 5.56 Å². The molecule has 0 bridgehead atoms. The zero-order chi connectivity index (χ0) is 27.7. The van der Waals surface area contributed by atoms with Gasteiger partial charge in [0.2, 0.25) is 0 Å². The van der Waals surface area contributed by atoms with E-state index in [1.54, 1.807) is 0 Å². The predicted octanol–water partition coefficient (Wildman–Crippen LogP) is 8.39. The number of ether oxygens (including phenoxy) is 1. The lowest BCUT2D eigenvalue weighted by molar-refractivity contribution is -0.160. The van der Waals surface area contributed by atoms with Gasteiger partial charge in [-0.1, -0.05) is 84.1 Å². The first-order chi connectivity index (χ1) is 17.9. The van der Waals surface area contributed by atoms with Gasteiger partial charge in [0.15, 0.2) is 6.10 Å². The van der Waals surface area contributed by atoms with E-state index >= 15 is 0 Å². The van der Waals surface area contributed by atoms with Crippen LogP contribution in [0.4, 0.5) is 0 Å². The monoisotopic (exact) mass is 504 g/mol. The van der Waals surface area contributed by atoms with Gasteiger partial charge < -0.3 is 9.84 Å². The highest BCUT2D eigenvalue weighted by atomic mass is 16.5. The lowest BCUT2D eigenvalue weighted by atomic mass is 9.84. The molecule has 0 spiro atoms. The molecule has 1 atom stereocenters. The number of hydrogen-bond acceptors (Lipinski definition) is 2. The fraction of sp³-hybridized carbons (Fsp3) is 0.286. The summed E-state index contributed by atoms with van der Waals surface area (Å²) in [6.07, 6.45) is -1.11. The number of carbonyl (C=O) groups is 1. The van der Waals surface area contributed by atoms with E-state index in [9.17, 15) is 9.90 Å². The lowest BCUT2D eigenvalue weighted by Crippen LogP contribution is -2.28. The summed E-state index contributed by atoms with van der Waals surface area (Å²) in [5.41, 5.74) is 5.63. The molecule has 0 amide bonds. The molecule has 4 rings (SSSR count). The Morgan fingerprint density at radius 3 is 2.13 bits per heavy atom. The van der Waals surface area contributed by atoms with E-state index in [0.717, 1.165) is 44.2 Å². The van der Waals surface area contributed by atoms with Crippen molar-refractivity contribution in [2.24, 2.45) is 0 Å². The van der Waals surface area contributed by atoms with Gasteiger partial charge in [-0.2, -0.15) is 0 Å². The third kappa shape index (κ3) is 5.98. The molecular weight excluding hydrogens is 468 g/mol. The first-order valence-electron chi connectivity index (χ1n) is 13.0. The van der Waals surface area contributed by atoms with Crippen molar-refractivity contribution >= 4 is 16.7 Å². The van der Waals surface area contributed by atoms with E-state index in [1.807, 2.05) is 58.9 Å². The molecule has 0 unspecified atom stereocenters. The molecule has 194 valence electrons. The van der Waals surface area contributed by atoms with Crippen LogP contribution in [-0.4, -0.2) is 16.7 Å². The number of carboxylic acids is 1. The zero-order valence-electron chi connectivity index (χ0n) is 23.3. The predicted molar refractivity (Wildman–Crippen MR) is 156 cm³/mol. The minimum absolute atomic E-state index is 0.316. The highest BCUT2D eigenvalue weighted by Crippen LogP contribution is 2.41. The summed E-state index contributed by atoms with van der Waals surface area (Å²) in [5, 5.41) is 12.3. The third-order valence-corrected chi connectivity index (χ3v) is 6.70. The van der Waals surface area contributed by atoms with Gasteiger partial charge in [-0.15, -0.1) is 0 Å². The van der Waals surface area contributed by atoms with Crippen LogP contribution in [0.25, 0.3) is 21.9 Å². The number of fused-ring (bicyclic) bond motifs is 1. The first kappa shape index (κ1) is 27.2. The Hall–Kier alpha value is -3.87. The van der Waals surface area contributed by atoms with Crippen molar-refractivity contribution in [2.45, 2.75) is 65.6 Å². The Morgan fingerprint density at radius 2 is 1.53 bits per heavy atom. The lowest BCUT2D eigenvalue weighted by Gasteiger charge is -2.28. The van der Waals surface area contributed by atoms with E-state index in [4.69, 9.17) is 4.74 Å². The molecule has 0 aliphatic carbocycles. The Bertz CT molecular complexity index is 1530. The van der Waals surface area contributed by atoms with E-state index in [-0.39, 0.29) is 5.41 Å². The van der Waals surface area contributed by atoms with Gasteiger partial charge in [0.25, 0.3) is 0 Å². The molecule has 0 aromatic heterocycles. The van der Waals surface area contributed by atoms with Crippen LogP contribution >= 0.6 is 0 Å². The van der Waals surface area contributed by atoms with E-state index in [2.05, 4.69) is 80.3 Å². The van der Waals surface area contributed by atoms with Crippen LogP contribution in [0, 0.1) is 25.7 Å². The molecule has 4 aromatic rings. The average molecular weight is 505 g/mol. The van der Waals surface area contributed by atoms with Crippen LogP contribution in [0.3, 0.4) is 0 Å². The molecular formula is C35H36O3. The topological polar surface area (TPSA) is 46.5 Å². The SMILES string of the molecule is Cc1ccc(-c2c([C@H](OC(C)(C)C)C(=O)O)c(C)cc3ccc(C#CC(C)(C)c4ccccc4)cc23)cc1. The van der Waals surface area contributed by atoms with Crippen molar-refractivity contribution in [3.8, 4) is 23.0 Å². The summed E-state index contributed by atoms with van der Waals surface area (Å²) >= 11 is 0. The number of benzene rings is 4. The summed E-state index contributed by atoms with van der Waals surface area (Å²) in [6.45, 7) is 13.9. The smallest absolute Gasteiger partial charge is 0.337 e. The molecule has 0 heterocycles. The quantitative estimate of drug-likeness (QED) is 0.278. The Morgan fingerprint density at radius 1 is 0.868 bits per heavy atom. The van der Waals surface area contributed by atoms with Crippen molar-refractivity contribution in [1.82, 2.24) is 0 Å². The maximum Gasteiger partial charge on any atom is 0.337 e. The van der Waals surface area contributed by atoms with E-state index in [1.165, 1.54) is 0 Å². The molecule has 0 radical (unpaired) electrons. The van der Waals surface area contributed by atoms with Crippen molar-refractivity contribution in [3.05, 3.63) is 107 Å². The number of rotatable bonds is 5. The molecule has 0 saturated carbocycles. The molecule has 38 heavy (non-hydrogen) atoms. The van der Waals surface area contributed by atoms with Crippen LogP contribution < -0.4 is 0 Å². The fourth-order valence-corrected chi connectivity index (χ4v) is 4.74. The maximum absolute atomic E-state index is 12.6. The van der Waals surface area contributed by atoms with Crippen molar-refractivity contribution < 1.29 is 14.6 Å². The van der Waals surface area contributed by atoms with Crippen LogP contribution in [-0.2, 0) is 14.9 Å². The van der Waals surface area contributed by atoms with Crippen LogP contribution in [0.2, 0.25) is 0 Å². The second-order valence-corrected chi connectivity index (χ2v) is 11.5. The van der Waals surface area contributed by atoms with Gasteiger partial charge in [0, 0.05) is 11.1 Å². The van der Waals surface area contributed by atoms with Gasteiger partial charge >= 0.3 is 5.97 Å². The second kappa shape index (κ2) is 10.5. The minimum atomic E-state index is -1.11. The third-order valence-electron chi connectivity index (χ3n) is 6.70. The number of hydrogen-bond donors (Lipinski definition) is 1. The summed E-state index contributed by atoms with van der Waals surface area (Å²) in [4.78, 5) is 12.6. The summed E-state index contributed by atoms with van der Waals surface area (Å²) < 4.78 is 6.14. The summed E-state index contributed by atoms with van der Waals surface area (Å²) in [6, 6.07) is 26.7. The van der Waals surface area contributed by atoms with Crippen LogP contribution in [0.1, 0.15) is 68.5 Å². The molecule has 3 heteroatoms. The number of aryl methyl sites for hydroxylation is 2. The number of carboxylic acid groups (broad SMARTS) is 1. The Labute approximate surface area is 226 Å². The summed E-state index contributed by atoms with van der Waals surface area (Å²) in [7, 11) is 0. The first-order valence-corrected chi connectivity index (χ1v) is 13.0. The van der Waals surface area contributed by atoms with Crippen molar-refractivity contribution in [3.63, 3.8) is 0 Å². The van der Waals surface area contributed by atoms with Crippen molar-refractivity contribution in [2.75, 3.05) is 0 Å². The Kier molecular flexibility index (Phi) is 7.49. The zero-order valence-corrected chi connectivity index (χ0v) is 23.3. The van der Waals surface area contributed by atoms with E-state index < -0.39 is 17.7 Å². The van der Waals surface area contributed by atoms with Gasteiger partial charge in [-0.05, 0) is 93.6 Å². The minimum Gasteiger partial charge on any atom is -0.479 e. The molecule has 0 fully saturated rings. The highest BCUT2D eigenvalue weighted by molar-refractivity contribution is 6.01. The molecule has 3 nitrogen and oxygen atoms in total. The molecule has 4 aromatic carbocycles. The molecule has 0 aliphatic heterocycles. The molecule has 0 aliphatic rings. The second-order valence-electron chi connectivity index (χ2n) is 11.5.